The molecule has 1 aromatic carbocycles. The van der Waals surface area contributed by atoms with Gasteiger partial charge in [0.05, 0.1) is 0 Å². The number of rotatable bonds is 2. The lowest BCUT2D eigenvalue weighted by atomic mass is 10.2. The molecule has 0 heterocycles. The number of anilines is 1. The van der Waals surface area contributed by atoms with E-state index in [4.69, 9.17) is 5.73 Å². The lowest BCUT2D eigenvalue weighted by Gasteiger charge is -2.17. The molecule has 2 nitrogen and oxygen atoms in total. The summed E-state index contributed by atoms with van der Waals surface area (Å²) in [4.78, 5) is 0. The quantitative estimate of drug-likeness (QED) is 0.763. The van der Waals surface area contributed by atoms with Crippen LogP contribution in [0.4, 0.5) is 5.69 Å². The van der Waals surface area contributed by atoms with Crippen LogP contribution in [0.15, 0.2) is 24.3 Å². The molecule has 0 aromatic heterocycles. The second-order valence-corrected chi connectivity index (χ2v) is 6.55. The summed E-state index contributed by atoms with van der Waals surface area (Å²) in [5, 5.41) is 0. The van der Waals surface area contributed by atoms with E-state index in [9.17, 15) is 4.21 Å². The molecule has 0 saturated heterocycles. The van der Waals surface area contributed by atoms with Crippen molar-refractivity contribution < 1.29 is 4.21 Å². The Morgan fingerprint density at radius 2 is 2.00 bits per heavy atom. The predicted octanol–water partition coefficient (Wildman–Crippen LogP) is 2.32. The molecule has 78 valence electrons. The van der Waals surface area contributed by atoms with Gasteiger partial charge < -0.3 is 5.73 Å². The van der Waals surface area contributed by atoms with E-state index in [1.54, 1.807) is 0 Å². The third-order valence-electron chi connectivity index (χ3n) is 1.93. The molecule has 1 aromatic rings. The summed E-state index contributed by atoms with van der Waals surface area (Å²) in [6.07, 6.45) is 0. The van der Waals surface area contributed by atoms with Crippen molar-refractivity contribution in [3.8, 4) is 0 Å². The Labute approximate surface area is 88.0 Å². The van der Waals surface area contributed by atoms with E-state index in [1.165, 1.54) is 0 Å². The molecule has 1 atom stereocenters. The van der Waals surface area contributed by atoms with Gasteiger partial charge >= 0.3 is 0 Å². The van der Waals surface area contributed by atoms with E-state index in [0.29, 0.717) is 5.75 Å². The number of nitrogen functional groups attached to an aromatic ring is 1. The van der Waals surface area contributed by atoms with Gasteiger partial charge in [0.25, 0.3) is 0 Å². The first-order valence-electron chi connectivity index (χ1n) is 4.62. The lowest BCUT2D eigenvalue weighted by molar-refractivity contribution is 0.648. The summed E-state index contributed by atoms with van der Waals surface area (Å²) in [6.45, 7) is 5.94. The van der Waals surface area contributed by atoms with E-state index in [1.807, 2.05) is 45.0 Å². The van der Waals surface area contributed by atoms with Crippen molar-refractivity contribution in [2.75, 3.05) is 5.73 Å². The highest BCUT2D eigenvalue weighted by atomic mass is 32.2. The molecule has 0 aliphatic carbocycles. The SMILES string of the molecule is CC(C)(C)[S@](=O)Cc1cccc(N)c1. The van der Waals surface area contributed by atoms with Crippen molar-refractivity contribution in [2.45, 2.75) is 31.3 Å². The molecule has 1 rings (SSSR count). The van der Waals surface area contributed by atoms with Crippen molar-refractivity contribution in [3.63, 3.8) is 0 Å². The van der Waals surface area contributed by atoms with E-state index in [0.717, 1.165) is 11.3 Å². The topological polar surface area (TPSA) is 43.1 Å². The normalized spacial score (nSPS) is 13.9. The highest BCUT2D eigenvalue weighted by Gasteiger charge is 2.19. The predicted molar refractivity (Wildman–Crippen MR) is 62.5 cm³/mol. The van der Waals surface area contributed by atoms with Gasteiger partial charge in [0.2, 0.25) is 0 Å². The second-order valence-electron chi connectivity index (χ2n) is 4.35. The Morgan fingerprint density at radius 3 is 2.50 bits per heavy atom. The van der Waals surface area contributed by atoms with Crippen LogP contribution in [0.5, 0.6) is 0 Å². The molecule has 0 aliphatic heterocycles. The van der Waals surface area contributed by atoms with Crippen molar-refractivity contribution in [1.82, 2.24) is 0 Å². The van der Waals surface area contributed by atoms with Gasteiger partial charge in [-0.15, -0.1) is 0 Å². The average molecular weight is 211 g/mol. The van der Waals surface area contributed by atoms with Crippen LogP contribution in [-0.2, 0) is 16.6 Å². The molecule has 0 fully saturated rings. The van der Waals surface area contributed by atoms with Gasteiger partial charge in [-0.2, -0.15) is 0 Å². The summed E-state index contributed by atoms with van der Waals surface area (Å²) in [5.74, 6) is 0.578. The fraction of sp³-hybridized carbons (Fsp3) is 0.455. The second kappa shape index (κ2) is 4.13. The van der Waals surface area contributed by atoms with Crippen LogP contribution >= 0.6 is 0 Å². The third kappa shape index (κ3) is 3.14. The highest BCUT2D eigenvalue weighted by molar-refractivity contribution is 7.85. The van der Waals surface area contributed by atoms with Crippen molar-refractivity contribution in [2.24, 2.45) is 0 Å². The average Bonchev–Trinajstić information content (AvgIpc) is 2.02. The Kier molecular flexibility index (Phi) is 3.32. The highest BCUT2D eigenvalue weighted by Crippen LogP contribution is 2.17. The molecule has 0 aliphatic rings. The van der Waals surface area contributed by atoms with Crippen LogP contribution in [0.25, 0.3) is 0 Å². The van der Waals surface area contributed by atoms with E-state index < -0.39 is 10.8 Å². The van der Waals surface area contributed by atoms with Crippen molar-refractivity contribution in [3.05, 3.63) is 29.8 Å². The molecular weight excluding hydrogens is 194 g/mol. The first-order valence-corrected chi connectivity index (χ1v) is 5.94. The maximum Gasteiger partial charge on any atom is 0.0491 e. The monoisotopic (exact) mass is 211 g/mol. The van der Waals surface area contributed by atoms with Gasteiger partial charge in [-0.25, -0.2) is 0 Å². The number of hydrogen-bond acceptors (Lipinski definition) is 2. The minimum absolute atomic E-state index is 0.162. The van der Waals surface area contributed by atoms with Crippen molar-refractivity contribution >= 4 is 16.5 Å². The fourth-order valence-electron chi connectivity index (χ4n) is 1.05. The molecule has 0 unspecified atom stereocenters. The summed E-state index contributed by atoms with van der Waals surface area (Å²) >= 11 is 0. The summed E-state index contributed by atoms with van der Waals surface area (Å²) in [5.41, 5.74) is 7.41. The van der Waals surface area contributed by atoms with Gasteiger partial charge in [-0.3, -0.25) is 4.21 Å². The zero-order valence-electron chi connectivity index (χ0n) is 8.91. The molecule has 3 heteroatoms. The van der Waals surface area contributed by atoms with Crippen LogP contribution in [-0.4, -0.2) is 8.96 Å². The van der Waals surface area contributed by atoms with Gasteiger partial charge in [0, 0.05) is 27.0 Å². The lowest BCUT2D eigenvalue weighted by Crippen LogP contribution is -2.22. The minimum atomic E-state index is -0.852. The molecule has 0 saturated carbocycles. The molecule has 14 heavy (non-hydrogen) atoms. The zero-order valence-corrected chi connectivity index (χ0v) is 9.73. The zero-order chi connectivity index (χ0) is 10.8. The minimum Gasteiger partial charge on any atom is -0.399 e. The van der Waals surface area contributed by atoms with Crippen LogP contribution < -0.4 is 5.73 Å². The molecule has 2 N–H and O–H groups in total. The first kappa shape index (κ1) is 11.2. The van der Waals surface area contributed by atoms with E-state index in [-0.39, 0.29) is 4.75 Å². The standard InChI is InChI=1S/C11H17NOS/c1-11(2,3)14(13)8-9-5-4-6-10(12)7-9/h4-7H,8,12H2,1-3H3/t14-/m1/s1. The third-order valence-corrected chi connectivity index (χ3v) is 3.89. The van der Waals surface area contributed by atoms with Gasteiger partial charge in [-0.1, -0.05) is 12.1 Å². The molecule has 0 bridgehead atoms. The molecule has 0 spiro atoms. The number of nitrogens with two attached hydrogens (primary N) is 1. The van der Waals surface area contributed by atoms with Gasteiger partial charge in [0.1, 0.15) is 0 Å². The smallest absolute Gasteiger partial charge is 0.0491 e. The maximum atomic E-state index is 11.8. The Morgan fingerprint density at radius 1 is 1.36 bits per heavy atom. The van der Waals surface area contributed by atoms with Gasteiger partial charge in [0.15, 0.2) is 0 Å². The molecule has 0 radical (unpaired) electrons. The largest absolute Gasteiger partial charge is 0.399 e. The maximum absolute atomic E-state index is 11.8. The van der Waals surface area contributed by atoms with Crippen LogP contribution in [0.1, 0.15) is 26.3 Å². The van der Waals surface area contributed by atoms with Crippen LogP contribution in [0, 0.1) is 0 Å². The van der Waals surface area contributed by atoms with E-state index >= 15 is 0 Å². The van der Waals surface area contributed by atoms with Gasteiger partial charge in [-0.05, 0) is 38.5 Å². The van der Waals surface area contributed by atoms with E-state index in [2.05, 4.69) is 0 Å². The molecule has 0 amide bonds. The fourth-order valence-corrected chi connectivity index (χ4v) is 1.97. The Bertz CT molecular complexity index is 341. The first-order chi connectivity index (χ1) is 6.39. The van der Waals surface area contributed by atoms with Crippen molar-refractivity contribution in [1.29, 1.82) is 0 Å². The number of hydrogen-bond donors (Lipinski definition) is 1. The summed E-state index contributed by atoms with van der Waals surface area (Å²) in [7, 11) is -0.852. The summed E-state index contributed by atoms with van der Waals surface area (Å²) in [6, 6.07) is 7.57. The molecular formula is C11H17NOS. The number of benzene rings is 1. The van der Waals surface area contributed by atoms with Crippen LogP contribution in [0.2, 0.25) is 0 Å². The Hall–Kier alpha value is -0.830. The summed E-state index contributed by atoms with van der Waals surface area (Å²) < 4.78 is 11.7. The Balaban J connectivity index is 2.75. The van der Waals surface area contributed by atoms with Crippen LogP contribution in [0.3, 0.4) is 0 Å².